The van der Waals surface area contributed by atoms with Crippen molar-refractivity contribution in [1.82, 2.24) is 9.88 Å². The van der Waals surface area contributed by atoms with Crippen LogP contribution in [0.15, 0.2) is 60.0 Å². The van der Waals surface area contributed by atoms with Crippen LogP contribution in [0.3, 0.4) is 0 Å². The van der Waals surface area contributed by atoms with Gasteiger partial charge in [-0.3, -0.25) is 4.90 Å². The van der Waals surface area contributed by atoms with E-state index in [1.54, 1.807) is 49.4 Å². The van der Waals surface area contributed by atoms with E-state index >= 15 is 0 Å². The van der Waals surface area contributed by atoms with Gasteiger partial charge in [0.05, 0.1) is 11.6 Å². The van der Waals surface area contributed by atoms with E-state index in [-0.39, 0.29) is 19.0 Å². The summed E-state index contributed by atoms with van der Waals surface area (Å²) in [6.45, 7) is 3.77. The van der Waals surface area contributed by atoms with E-state index in [2.05, 4.69) is 22.1 Å². The van der Waals surface area contributed by atoms with Gasteiger partial charge in [0.15, 0.2) is 0 Å². The summed E-state index contributed by atoms with van der Waals surface area (Å²) < 4.78 is 25.8. The number of hydrogen-bond donors (Lipinski definition) is 2. The first-order chi connectivity index (χ1) is 18.2. The monoisotopic (exact) mass is 551 g/mol. The molecule has 0 aliphatic carbocycles. The van der Waals surface area contributed by atoms with Gasteiger partial charge in [0.2, 0.25) is 0 Å². The Bertz CT molecular complexity index is 1580. The lowest BCUT2D eigenvalue weighted by atomic mass is 10.2. The highest BCUT2D eigenvalue weighted by Crippen LogP contribution is 2.33. The van der Waals surface area contributed by atoms with E-state index in [9.17, 15) is 14.3 Å². The summed E-state index contributed by atoms with van der Waals surface area (Å²) in [5.74, 6) is 6.77. The normalized spacial score (nSPS) is 16.2. The molecule has 1 fully saturated rings. The molecule has 1 aliphatic rings. The maximum absolute atomic E-state index is 13.4. The SMILES string of the molecule is CC1(C)OC[C@@H](C#Cc2cc3sccc3c(Nc3ccc(OCc4cccc(F)c4)c(Cl)c3)n2)N1C(=O)O. The fourth-order valence-corrected chi connectivity index (χ4v) is 5.23. The summed E-state index contributed by atoms with van der Waals surface area (Å²) in [6.07, 6.45) is -1.09. The predicted octanol–water partition coefficient (Wildman–Crippen LogP) is 6.88. The van der Waals surface area contributed by atoms with Crippen LogP contribution >= 0.6 is 22.9 Å². The van der Waals surface area contributed by atoms with Gasteiger partial charge in [-0.1, -0.05) is 29.7 Å². The Balaban J connectivity index is 1.36. The number of pyridine rings is 1. The highest BCUT2D eigenvalue weighted by Gasteiger charge is 2.43. The minimum atomic E-state index is -1.09. The quantitative estimate of drug-likeness (QED) is 0.263. The minimum absolute atomic E-state index is 0.185. The summed E-state index contributed by atoms with van der Waals surface area (Å²) in [6, 6.07) is 14.7. The van der Waals surface area contributed by atoms with Crippen molar-refractivity contribution in [3.63, 3.8) is 0 Å². The molecule has 3 heterocycles. The number of rotatable bonds is 5. The molecule has 0 saturated carbocycles. The second-order valence-corrected chi connectivity index (χ2v) is 10.4. The molecule has 0 unspecified atom stereocenters. The van der Waals surface area contributed by atoms with Crippen molar-refractivity contribution in [2.75, 3.05) is 11.9 Å². The van der Waals surface area contributed by atoms with Crippen molar-refractivity contribution in [3.8, 4) is 17.6 Å². The lowest BCUT2D eigenvalue weighted by Crippen LogP contribution is -2.46. The maximum Gasteiger partial charge on any atom is 0.410 e. The zero-order valence-corrected chi connectivity index (χ0v) is 22.1. The smallest absolute Gasteiger partial charge is 0.410 e. The Morgan fingerprint density at radius 3 is 2.92 bits per heavy atom. The molecule has 1 amide bonds. The number of hydrogen-bond acceptors (Lipinski definition) is 6. The number of amides is 1. The fourth-order valence-electron chi connectivity index (χ4n) is 4.17. The number of ether oxygens (including phenoxy) is 2. The molecule has 4 aromatic rings. The van der Waals surface area contributed by atoms with E-state index in [0.717, 1.165) is 10.1 Å². The standard InChI is InChI=1S/C28H23ClFN3O4S/c1-28(2)33(27(34)35)21(16-37-28)8-6-20-14-25-22(10-11-38-25)26(32-20)31-19-7-9-24(23(29)13-19)36-15-17-4-3-5-18(30)12-17/h3-5,7,9-14,21H,15-16H2,1-2H3,(H,31,32)(H,34,35)/t21-/m1/s1. The number of thiophene rings is 1. The van der Waals surface area contributed by atoms with Crippen LogP contribution in [0.5, 0.6) is 5.75 Å². The number of carboxylic acid groups (broad SMARTS) is 1. The molecule has 2 N–H and O–H groups in total. The van der Waals surface area contributed by atoms with Crippen LogP contribution in [0.25, 0.3) is 10.1 Å². The highest BCUT2D eigenvalue weighted by molar-refractivity contribution is 7.17. The Morgan fingerprint density at radius 1 is 1.32 bits per heavy atom. The van der Waals surface area contributed by atoms with Crippen molar-refractivity contribution in [2.24, 2.45) is 0 Å². The molecule has 7 nitrogen and oxygen atoms in total. The fraction of sp³-hybridized carbons (Fsp3) is 0.214. The van der Waals surface area contributed by atoms with Crippen LogP contribution in [-0.4, -0.2) is 39.5 Å². The third-order valence-corrected chi connectivity index (χ3v) is 7.15. The molecule has 2 aromatic heterocycles. The summed E-state index contributed by atoms with van der Waals surface area (Å²) in [5, 5.41) is 16.2. The van der Waals surface area contributed by atoms with Crippen LogP contribution in [0.1, 0.15) is 25.1 Å². The van der Waals surface area contributed by atoms with E-state index < -0.39 is 17.9 Å². The number of benzene rings is 2. The first-order valence-corrected chi connectivity index (χ1v) is 13.0. The molecular formula is C28H23ClFN3O4S. The minimum Gasteiger partial charge on any atom is -0.487 e. The Labute approximate surface area is 227 Å². The lowest BCUT2D eigenvalue weighted by Gasteiger charge is -2.28. The number of nitrogens with zero attached hydrogens (tertiary/aromatic N) is 2. The molecule has 10 heteroatoms. The third kappa shape index (κ3) is 5.53. The maximum atomic E-state index is 13.4. The van der Waals surface area contributed by atoms with Crippen molar-refractivity contribution < 1.29 is 23.8 Å². The van der Waals surface area contributed by atoms with Crippen LogP contribution < -0.4 is 10.1 Å². The number of carbonyl (C=O) groups is 1. The van der Waals surface area contributed by atoms with E-state index in [0.29, 0.717) is 33.5 Å². The Kier molecular flexibility index (Phi) is 7.13. The molecule has 0 radical (unpaired) electrons. The number of nitrogens with one attached hydrogen (secondary N) is 1. The van der Waals surface area contributed by atoms with Crippen molar-refractivity contribution in [2.45, 2.75) is 32.2 Å². The van der Waals surface area contributed by atoms with Gasteiger partial charge < -0.3 is 19.9 Å². The van der Waals surface area contributed by atoms with Gasteiger partial charge in [0, 0.05) is 15.8 Å². The molecule has 194 valence electrons. The first-order valence-electron chi connectivity index (χ1n) is 11.7. The molecular weight excluding hydrogens is 529 g/mol. The molecule has 2 aromatic carbocycles. The van der Waals surface area contributed by atoms with Crippen LogP contribution in [0.4, 0.5) is 20.7 Å². The van der Waals surface area contributed by atoms with Crippen molar-refractivity contribution >= 4 is 50.6 Å². The van der Waals surface area contributed by atoms with Gasteiger partial charge in [-0.25, -0.2) is 14.2 Å². The number of aromatic nitrogens is 1. The van der Waals surface area contributed by atoms with E-state index in [1.807, 2.05) is 23.6 Å². The number of halogens is 2. The molecule has 38 heavy (non-hydrogen) atoms. The summed E-state index contributed by atoms with van der Waals surface area (Å²) in [7, 11) is 0. The van der Waals surface area contributed by atoms with Crippen LogP contribution in [0.2, 0.25) is 5.02 Å². The van der Waals surface area contributed by atoms with Crippen LogP contribution in [-0.2, 0) is 11.3 Å². The number of fused-ring (bicyclic) bond motifs is 1. The Hall–Kier alpha value is -3.84. The molecule has 0 bridgehead atoms. The van der Waals surface area contributed by atoms with Gasteiger partial charge >= 0.3 is 6.09 Å². The topological polar surface area (TPSA) is 83.9 Å². The van der Waals surface area contributed by atoms with Crippen molar-refractivity contribution in [1.29, 1.82) is 0 Å². The average Bonchev–Trinajstić information content (AvgIpc) is 3.46. The van der Waals surface area contributed by atoms with Gasteiger partial charge in [-0.15, -0.1) is 11.3 Å². The lowest BCUT2D eigenvalue weighted by molar-refractivity contribution is -0.0407. The second-order valence-electron chi connectivity index (χ2n) is 9.07. The zero-order valence-electron chi connectivity index (χ0n) is 20.5. The molecule has 5 rings (SSSR count). The summed E-state index contributed by atoms with van der Waals surface area (Å²) >= 11 is 8.01. The van der Waals surface area contributed by atoms with Crippen LogP contribution in [0, 0.1) is 17.7 Å². The van der Waals surface area contributed by atoms with Crippen molar-refractivity contribution in [3.05, 3.63) is 82.1 Å². The van der Waals surface area contributed by atoms with Gasteiger partial charge in [0.25, 0.3) is 0 Å². The predicted molar refractivity (Wildman–Crippen MR) is 146 cm³/mol. The Morgan fingerprint density at radius 2 is 2.16 bits per heavy atom. The van der Waals surface area contributed by atoms with Gasteiger partial charge in [0.1, 0.15) is 41.5 Å². The van der Waals surface area contributed by atoms with E-state index in [1.165, 1.54) is 17.0 Å². The molecule has 1 saturated heterocycles. The summed E-state index contributed by atoms with van der Waals surface area (Å²) in [4.78, 5) is 17.6. The molecule has 0 spiro atoms. The zero-order chi connectivity index (χ0) is 26.9. The highest BCUT2D eigenvalue weighted by atomic mass is 35.5. The molecule has 1 aliphatic heterocycles. The second kappa shape index (κ2) is 10.5. The largest absolute Gasteiger partial charge is 0.487 e. The van der Waals surface area contributed by atoms with Gasteiger partial charge in [-0.05, 0) is 73.2 Å². The van der Waals surface area contributed by atoms with Gasteiger partial charge in [-0.2, -0.15) is 0 Å². The third-order valence-electron chi connectivity index (χ3n) is 5.99. The van der Waals surface area contributed by atoms with E-state index in [4.69, 9.17) is 21.1 Å². The molecule has 1 atom stereocenters. The number of anilines is 2. The summed E-state index contributed by atoms with van der Waals surface area (Å²) in [5.41, 5.74) is 0.944. The average molecular weight is 552 g/mol. The first kappa shape index (κ1) is 25.8.